The molecule has 0 radical (unpaired) electrons. The number of phenols is 1. The minimum absolute atomic E-state index is 0.0492. The quantitative estimate of drug-likeness (QED) is 0.823. The zero-order chi connectivity index (χ0) is 15.0. The third kappa shape index (κ3) is 1.48. The van der Waals surface area contributed by atoms with E-state index in [9.17, 15) is 15.0 Å². The largest absolute Gasteiger partial charge is 0.511 e. The SMILES string of the molecule is O=C1C(c2cc(O)ccc2C2CC2)=C(O)C2C3C=CC(O3)C12. The van der Waals surface area contributed by atoms with E-state index >= 15 is 0 Å². The Labute approximate surface area is 127 Å². The van der Waals surface area contributed by atoms with Gasteiger partial charge in [-0.3, -0.25) is 4.79 Å². The van der Waals surface area contributed by atoms with Gasteiger partial charge in [-0.1, -0.05) is 18.2 Å². The first-order chi connectivity index (χ1) is 10.6. The monoisotopic (exact) mass is 296 g/mol. The molecule has 1 saturated heterocycles. The third-order valence-electron chi connectivity index (χ3n) is 5.34. The van der Waals surface area contributed by atoms with Gasteiger partial charge in [-0.15, -0.1) is 0 Å². The van der Waals surface area contributed by atoms with E-state index in [2.05, 4.69) is 0 Å². The lowest BCUT2D eigenvalue weighted by molar-refractivity contribution is -0.118. The molecule has 5 rings (SSSR count). The molecule has 0 aromatic heterocycles. The Morgan fingerprint density at radius 1 is 1.05 bits per heavy atom. The van der Waals surface area contributed by atoms with Crippen LogP contribution >= 0.6 is 0 Å². The second-order valence-corrected chi connectivity index (χ2v) is 6.67. The normalized spacial score (nSPS) is 35.5. The Morgan fingerprint density at radius 2 is 1.77 bits per heavy atom. The van der Waals surface area contributed by atoms with Crippen molar-refractivity contribution in [2.75, 3.05) is 0 Å². The molecule has 2 N–H and O–H groups in total. The van der Waals surface area contributed by atoms with E-state index < -0.39 is 0 Å². The van der Waals surface area contributed by atoms with Crippen LogP contribution in [0.1, 0.15) is 29.9 Å². The molecule has 0 amide bonds. The van der Waals surface area contributed by atoms with E-state index in [1.165, 1.54) is 0 Å². The van der Waals surface area contributed by atoms with Crippen LogP contribution in [0.25, 0.3) is 5.57 Å². The van der Waals surface area contributed by atoms with Crippen molar-refractivity contribution in [2.24, 2.45) is 11.8 Å². The molecule has 112 valence electrons. The standard InChI is InChI=1S/C18H16O4/c19-9-3-4-10(8-1-2-8)11(7-9)14-17(20)15-12-5-6-13(22-12)16(15)18(14)21/h3-8,12-13,15-16,19-20H,1-2H2. The molecule has 2 aliphatic carbocycles. The fourth-order valence-corrected chi connectivity index (χ4v) is 4.19. The molecule has 2 heterocycles. The smallest absolute Gasteiger partial charge is 0.173 e. The van der Waals surface area contributed by atoms with Crippen molar-refractivity contribution in [2.45, 2.75) is 31.0 Å². The Hall–Kier alpha value is -2.07. The van der Waals surface area contributed by atoms with E-state index in [1.807, 2.05) is 18.2 Å². The number of rotatable bonds is 2. The van der Waals surface area contributed by atoms with Crippen molar-refractivity contribution in [1.29, 1.82) is 0 Å². The molecule has 1 saturated carbocycles. The lowest BCUT2D eigenvalue weighted by Gasteiger charge is -2.15. The van der Waals surface area contributed by atoms with Crippen LogP contribution in [-0.2, 0) is 9.53 Å². The van der Waals surface area contributed by atoms with E-state index in [1.54, 1.807) is 12.1 Å². The number of hydrogen-bond donors (Lipinski definition) is 2. The number of hydrogen-bond acceptors (Lipinski definition) is 4. The Morgan fingerprint density at radius 3 is 2.45 bits per heavy atom. The van der Waals surface area contributed by atoms with Gasteiger partial charge in [0.15, 0.2) is 5.78 Å². The lowest BCUT2D eigenvalue weighted by Crippen LogP contribution is -2.26. The summed E-state index contributed by atoms with van der Waals surface area (Å²) in [5, 5.41) is 20.5. The molecule has 1 aromatic carbocycles. The van der Waals surface area contributed by atoms with Gasteiger partial charge in [0.2, 0.25) is 0 Å². The van der Waals surface area contributed by atoms with E-state index in [0.29, 0.717) is 17.1 Å². The van der Waals surface area contributed by atoms with Crippen LogP contribution in [0.3, 0.4) is 0 Å². The van der Waals surface area contributed by atoms with Crippen LogP contribution in [0.15, 0.2) is 36.1 Å². The first-order valence-electron chi connectivity index (χ1n) is 7.79. The summed E-state index contributed by atoms with van der Waals surface area (Å²) in [5.41, 5.74) is 2.17. The minimum atomic E-state index is -0.306. The van der Waals surface area contributed by atoms with Gasteiger partial charge >= 0.3 is 0 Å². The zero-order valence-corrected chi connectivity index (χ0v) is 11.9. The number of aliphatic hydroxyl groups excluding tert-OH is 1. The van der Waals surface area contributed by atoms with Gasteiger partial charge in [-0.25, -0.2) is 0 Å². The minimum Gasteiger partial charge on any atom is -0.511 e. The summed E-state index contributed by atoms with van der Waals surface area (Å²) >= 11 is 0. The van der Waals surface area contributed by atoms with Crippen molar-refractivity contribution in [1.82, 2.24) is 0 Å². The van der Waals surface area contributed by atoms with E-state index in [0.717, 1.165) is 18.4 Å². The van der Waals surface area contributed by atoms with Crippen LogP contribution in [-0.4, -0.2) is 28.2 Å². The molecule has 2 aliphatic heterocycles. The molecule has 4 nitrogen and oxygen atoms in total. The summed E-state index contributed by atoms with van der Waals surface area (Å²) in [6.45, 7) is 0. The number of aliphatic hydroxyl groups is 1. The zero-order valence-electron chi connectivity index (χ0n) is 11.9. The number of ether oxygens (including phenoxy) is 1. The summed E-state index contributed by atoms with van der Waals surface area (Å²) < 4.78 is 5.70. The maximum Gasteiger partial charge on any atom is 0.173 e. The second-order valence-electron chi connectivity index (χ2n) is 6.67. The maximum absolute atomic E-state index is 12.9. The predicted octanol–water partition coefficient (Wildman–Crippen LogP) is 2.69. The van der Waals surface area contributed by atoms with Gasteiger partial charge < -0.3 is 14.9 Å². The van der Waals surface area contributed by atoms with Crippen LogP contribution in [0.5, 0.6) is 5.75 Å². The summed E-state index contributed by atoms with van der Waals surface area (Å²) in [6.07, 6.45) is 5.64. The van der Waals surface area contributed by atoms with Crippen LogP contribution in [0.4, 0.5) is 0 Å². The highest BCUT2D eigenvalue weighted by molar-refractivity contribution is 6.25. The topological polar surface area (TPSA) is 66.8 Å². The molecule has 0 spiro atoms. The molecule has 1 aromatic rings. The molecule has 2 fully saturated rings. The molecule has 22 heavy (non-hydrogen) atoms. The maximum atomic E-state index is 12.9. The number of allylic oxidation sites excluding steroid dienone is 1. The molecule has 4 aliphatic rings. The number of aromatic hydroxyl groups is 1. The lowest BCUT2D eigenvalue weighted by atomic mass is 9.84. The first kappa shape index (κ1) is 12.5. The Balaban J connectivity index is 1.67. The summed E-state index contributed by atoms with van der Waals surface area (Å²) in [6, 6.07) is 5.16. The number of carbonyl (C=O) groups is 1. The van der Waals surface area contributed by atoms with Crippen molar-refractivity contribution in [3.63, 3.8) is 0 Å². The summed E-state index contributed by atoms with van der Waals surface area (Å²) in [7, 11) is 0. The number of phenolic OH excluding ortho intramolecular Hbond substituents is 1. The third-order valence-corrected chi connectivity index (χ3v) is 5.34. The number of ketones is 1. The van der Waals surface area contributed by atoms with Gasteiger partial charge in [-0.2, -0.15) is 0 Å². The van der Waals surface area contributed by atoms with Gasteiger partial charge in [-0.05, 0) is 42.0 Å². The van der Waals surface area contributed by atoms with Crippen LogP contribution in [0, 0.1) is 11.8 Å². The average molecular weight is 296 g/mol. The second kappa shape index (κ2) is 4.02. The molecular formula is C18H16O4. The van der Waals surface area contributed by atoms with E-state index in [4.69, 9.17) is 4.74 Å². The number of benzene rings is 1. The van der Waals surface area contributed by atoms with Gasteiger partial charge in [0.05, 0.1) is 29.6 Å². The summed E-state index contributed by atoms with van der Waals surface area (Å²) in [4.78, 5) is 12.9. The average Bonchev–Trinajstić information content (AvgIpc) is 3.03. The fourth-order valence-electron chi connectivity index (χ4n) is 4.19. The van der Waals surface area contributed by atoms with Crippen LogP contribution < -0.4 is 0 Å². The van der Waals surface area contributed by atoms with Crippen LogP contribution in [0.2, 0.25) is 0 Å². The highest BCUT2D eigenvalue weighted by Crippen LogP contribution is 2.53. The van der Waals surface area contributed by atoms with Crippen molar-refractivity contribution in [3.05, 3.63) is 47.2 Å². The fraction of sp³-hybridized carbons (Fsp3) is 0.389. The molecule has 2 bridgehead atoms. The van der Waals surface area contributed by atoms with E-state index in [-0.39, 0.29) is 41.3 Å². The number of fused-ring (bicyclic) bond motifs is 5. The Bertz CT molecular complexity index is 756. The van der Waals surface area contributed by atoms with Crippen molar-refractivity contribution < 1.29 is 19.7 Å². The van der Waals surface area contributed by atoms with Crippen molar-refractivity contribution >= 4 is 11.4 Å². The Kier molecular flexibility index (Phi) is 2.28. The van der Waals surface area contributed by atoms with Gasteiger partial charge in [0.1, 0.15) is 11.5 Å². The number of Topliss-reactive ketones (excluding diaryl/α,β-unsaturated/α-hetero) is 1. The van der Waals surface area contributed by atoms with Crippen molar-refractivity contribution in [3.8, 4) is 5.75 Å². The van der Waals surface area contributed by atoms with Gasteiger partial charge in [0.25, 0.3) is 0 Å². The summed E-state index contributed by atoms with van der Waals surface area (Å²) in [5.74, 6) is 0.0923. The molecule has 4 unspecified atom stereocenters. The molecule has 4 atom stereocenters. The molecule has 4 heteroatoms. The highest BCUT2D eigenvalue weighted by atomic mass is 16.5. The molecular weight excluding hydrogens is 280 g/mol. The number of carbonyl (C=O) groups excluding carboxylic acids is 1. The first-order valence-corrected chi connectivity index (χ1v) is 7.79. The highest BCUT2D eigenvalue weighted by Gasteiger charge is 2.57. The van der Waals surface area contributed by atoms with Gasteiger partial charge in [0, 0.05) is 0 Å². The predicted molar refractivity (Wildman–Crippen MR) is 79.4 cm³/mol.